The van der Waals surface area contributed by atoms with Crippen molar-refractivity contribution in [3.63, 3.8) is 0 Å². The van der Waals surface area contributed by atoms with Gasteiger partial charge in [0.25, 0.3) is 0 Å². The summed E-state index contributed by atoms with van der Waals surface area (Å²) in [5, 5.41) is 0. The predicted molar refractivity (Wildman–Crippen MR) is 84.9 cm³/mol. The smallest absolute Gasteiger partial charge is 0.136 e. The molecule has 0 bridgehead atoms. The van der Waals surface area contributed by atoms with Crippen LogP contribution in [0.4, 0.5) is 13.2 Å². The molecule has 0 aliphatic rings. The average Bonchev–Trinajstić information content (AvgIpc) is 2.58. The summed E-state index contributed by atoms with van der Waals surface area (Å²) >= 11 is 0. The Morgan fingerprint density at radius 1 is 0.696 bits per heavy atom. The van der Waals surface area contributed by atoms with E-state index in [9.17, 15) is 13.2 Å². The van der Waals surface area contributed by atoms with Crippen LogP contribution in [0, 0.1) is 24.4 Å². The second kappa shape index (κ2) is 6.29. The Kier molecular flexibility index (Phi) is 4.20. The Morgan fingerprint density at radius 3 is 1.65 bits per heavy atom. The third kappa shape index (κ3) is 2.87. The molecule has 116 valence electrons. The van der Waals surface area contributed by atoms with E-state index in [1.54, 1.807) is 0 Å². The van der Waals surface area contributed by atoms with Crippen molar-refractivity contribution >= 4 is 0 Å². The zero-order valence-electron chi connectivity index (χ0n) is 12.6. The summed E-state index contributed by atoms with van der Waals surface area (Å²) in [6, 6.07) is 19.0. The van der Waals surface area contributed by atoms with Gasteiger partial charge in [0.15, 0.2) is 0 Å². The van der Waals surface area contributed by atoms with Gasteiger partial charge in [-0.15, -0.1) is 0 Å². The molecule has 0 saturated heterocycles. The lowest BCUT2D eigenvalue weighted by molar-refractivity contribution is 0.511. The van der Waals surface area contributed by atoms with E-state index in [1.807, 2.05) is 60.7 Å². The topological polar surface area (TPSA) is 0 Å². The molecule has 0 spiro atoms. The van der Waals surface area contributed by atoms with Crippen LogP contribution in [0.2, 0.25) is 0 Å². The normalized spacial score (nSPS) is 11.0. The molecule has 0 aliphatic carbocycles. The van der Waals surface area contributed by atoms with Crippen LogP contribution in [0.5, 0.6) is 0 Å². The van der Waals surface area contributed by atoms with Crippen LogP contribution in [0.3, 0.4) is 0 Å². The van der Waals surface area contributed by atoms with Crippen molar-refractivity contribution in [1.82, 2.24) is 0 Å². The van der Waals surface area contributed by atoms with E-state index in [2.05, 4.69) is 0 Å². The van der Waals surface area contributed by atoms with Crippen molar-refractivity contribution < 1.29 is 13.2 Å². The molecule has 0 aliphatic heterocycles. The summed E-state index contributed by atoms with van der Waals surface area (Å²) in [6.45, 7) is 1.32. The lowest BCUT2D eigenvalue weighted by Gasteiger charge is -2.21. The van der Waals surface area contributed by atoms with Gasteiger partial charge in [-0.3, -0.25) is 0 Å². The first-order chi connectivity index (χ1) is 11.1. The molecular formula is C20H15F3. The van der Waals surface area contributed by atoms with E-state index < -0.39 is 23.4 Å². The highest BCUT2D eigenvalue weighted by Gasteiger charge is 2.26. The van der Waals surface area contributed by atoms with Crippen LogP contribution in [-0.2, 0) is 0 Å². The van der Waals surface area contributed by atoms with Crippen molar-refractivity contribution in [2.24, 2.45) is 0 Å². The van der Waals surface area contributed by atoms with Gasteiger partial charge in [-0.2, -0.15) is 0 Å². The monoisotopic (exact) mass is 312 g/mol. The van der Waals surface area contributed by atoms with Crippen LogP contribution in [0.25, 0.3) is 0 Å². The molecule has 0 amide bonds. The number of hydrogen-bond acceptors (Lipinski definition) is 0. The Hall–Kier alpha value is -2.55. The maximum atomic E-state index is 14.7. The van der Waals surface area contributed by atoms with E-state index in [1.165, 1.54) is 6.92 Å². The summed E-state index contributed by atoms with van der Waals surface area (Å²) in [5.74, 6) is -3.20. The Labute approximate surface area is 133 Å². The second-order valence-electron chi connectivity index (χ2n) is 5.45. The van der Waals surface area contributed by atoms with Gasteiger partial charge < -0.3 is 0 Å². The molecule has 3 aromatic rings. The molecular weight excluding hydrogens is 297 g/mol. The number of hydrogen-bond donors (Lipinski definition) is 0. The minimum Gasteiger partial charge on any atom is -0.206 e. The minimum absolute atomic E-state index is 0.124. The SMILES string of the molecule is Cc1c(F)cc(F)c(C(c2ccccc2)c2ccccc2)c1F. The summed E-state index contributed by atoms with van der Waals surface area (Å²) in [4.78, 5) is 0. The maximum Gasteiger partial charge on any atom is 0.136 e. The Bertz CT molecular complexity index is 772. The van der Waals surface area contributed by atoms with Gasteiger partial charge in [0.2, 0.25) is 0 Å². The van der Waals surface area contributed by atoms with E-state index in [0.717, 1.165) is 17.2 Å². The molecule has 0 aromatic heterocycles. The fourth-order valence-corrected chi connectivity index (χ4v) is 2.79. The van der Waals surface area contributed by atoms with Gasteiger partial charge in [-0.05, 0) is 18.1 Å². The van der Waals surface area contributed by atoms with Crippen LogP contribution in [0.15, 0.2) is 66.7 Å². The van der Waals surface area contributed by atoms with E-state index >= 15 is 0 Å². The quantitative estimate of drug-likeness (QED) is 0.553. The number of halogens is 3. The molecule has 0 nitrogen and oxygen atoms in total. The van der Waals surface area contributed by atoms with Crippen molar-refractivity contribution in [3.05, 3.63) is 106 Å². The predicted octanol–water partition coefficient (Wildman–Crippen LogP) is 5.59. The van der Waals surface area contributed by atoms with Crippen molar-refractivity contribution in [1.29, 1.82) is 0 Å². The first-order valence-electron chi connectivity index (χ1n) is 7.33. The molecule has 0 N–H and O–H groups in total. The highest BCUT2D eigenvalue weighted by atomic mass is 19.1. The van der Waals surface area contributed by atoms with E-state index in [4.69, 9.17) is 0 Å². The van der Waals surface area contributed by atoms with E-state index in [-0.39, 0.29) is 11.1 Å². The van der Waals surface area contributed by atoms with Gasteiger partial charge in [0, 0.05) is 23.1 Å². The third-order valence-electron chi connectivity index (χ3n) is 3.99. The summed E-state index contributed by atoms with van der Waals surface area (Å²) in [6.07, 6.45) is 0. The van der Waals surface area contributed by atoms with Crippen LogP contribution in [-0.4, -0.2) is 0 Å². The molecule has 0 radical (unpaired) electrons. The lowest BCUT2D eigenvalue weighted by atomic mass is 9.84. The minimum atomic E-state index is -0.872. The van der Waals surface area contributed by atoms with E-state index in [0.29, 0.717) is 0 Å². The van der Waals surface area contributed by atoms with Crippen molar-refractivity contribution in [2.45, 2.75) is 12.8 Å². The first kappa shape index (κ1) is 15.3. The largest absolute Gasteiger partial charge is 0.206 e. The van der Waals surface area contributed by atoms with Gasteiger partial charge in [-0.1, -0.05) is 60.7 Å². The molecule has 0 unspecified atom stereocenters. The van der Waals surface area contributed by atoms with Gasteiger partial charge in [0.1, 0.15) is 17.5 Å². The third-order valence-corrected chi connectivity index (χ3v) is 3.99. The molecule has 0 fully saturated rings. The number of rotatable bonds is 3. The zero-order valence-corrected chi connectivity index (χ0v) is 12.6. The second-order valence-corrected chi connectivity index (χ2v) is 5.45. The summed E-state index contributed by atoms with van der Waals surface area (Å²) < 4.78 is 42.7. The summed E-state index contributed by atoms with van der Waals surface area (Å²) in [7, 11) is 0. The average molecular weight is 312 g/mol. The number of benzene rings is 3. The fraction of sp³-hybridized carbons (Fsp3) is 0.100. The van der Waals surface area contributed by atoms with Crippen LogP contribution in [0.1, 0.15) is 28.2 Å². The summed E-state index contributed by atoms with van der Waals surface area (Å²) in [5.41, 5.74) is 1.21. The maximum absolute atomic E-state index is 14.7. The molecule has 3 heteroatoms. The standard InChI is InChI=1S/C20H15F3/c1-13-16(21)12-17(22)19(20(13)23)18(14-8-4-2-5-9-14)15-10-6-3-7-11-15/h2-12,18H,1H3. The highest BCUT2D eigenvalue weighted by molar-refractivity contribution is 5.45. The molecule has 3 aromatic carbocycles. The molecule has 23 heavy (non-hydrogen) atoms. The van der Waals surface area contributed by atoms with Crippen LogP contribution < -0.4 is 0 Å². The molecule has 0 atom stereocenters. The molecule has 0 heterocycles. The zero-order chi connectivity index (χ0) is 16.4. The van der Waals surface area contributed by atoms with Gasteiger partial charge in [-0.25, -0.2) is 13.2 Å². The van der Waals surface area contributed by atoms with Gasteiger partial charge >= 0.3 is 0 Å². The lowest BCUT2D eigenvalue weighted by Crippen LogP contribution is -2.10. The van der Waals surface area contributed by atoms with Crippen LogP contribution >= 0.6 is 0 Å². The Morgan fingerprint density at radius 2 is 1.17 bits per heavy atom. The molecule has 0 saturated carbocycles. The van der Waals surface area contributed by atoms with Crippen molar-refractivity contribution in [2.75, 3.05) is 0 Å². The first-order valence-corrected chi connectivity index (χ1v) is 7.33. The molecule has 3 rings (SSSR count). The highest BCUT2D eigenvalue weighted by Crippen LogP contribution is 2.36. The fourth-order valence-electron chi connectivity index (χ4n) is 2.79. The van der Waals surface area contributed by atoms with Crippen molar-refractivity contribution in [3.8, 4) is 0 Å². The van der Waals surface area contributed by atoms with Gasteiger partial charge in [0.05, 0.1) is 0 Å². The Balaban J connectivity index is 2.28.